The molecule has 124 valence electrons. The molecule has 1 fully saturated rings. The Hall–Kier alpha value is -0.840. The molecule has 1 aromatic rings. The summed E-state index contributed by atoms with van der Waals surface area (Å²) in [6.45, 7) is 0. The van der Waals surface area contributed by atoms with Gasteiger partial charge in [0, 0.05) is 19.8 Å². The molecule has 0 aromatic heterocycles. The summed E-state index contributed by atoms with van der Waals surface area (Å²) in [7, 11) is -0.612. The van der Waals surface area contributed by atoms with Gasteiger partial charge < -0.3 is 20.1 Å². The highest BCUT2D eigenvalue weighted by Gasteiger charge is 2.38. The normalized spacial score (nSPS) is 29.5. The lowest BCUT2D eigenvalue weighted by Crippen LogP contribution is -2.50. The van der Waals surface area contributed by atoms with E-state index in [9.17, 15) is 23.7 Å². The van der Waals surface area contributed by atoms with Crippen LogP contribution in [0.3, 0.4) is 0 Å². The maximum absolute atomic E-state index is 11.9. The van der Waals surface area contributed by atoms with Crippen LogP contribution in [0.2, 0.25) is 0 Å². The van der Waals surface area contributed by atoms with E-state index in [0.29, 0.717) is 5.75 Å². The summed E-state index contributed by atoms with van der Waals surface area (Å²) in [4.78, 5) is 0.136. The van der Waals surface area contributed by atoms with Crippen LogP contribution >= 0.6 is 11.8 Å². The predicted octanol–water partition coefficient (Wildman–Crippen LogP) is -0.529. The summed E-state index contributed by atoms with van der Waals surface area (Å²) in [6, 6.07) is 5.80. The molecule has 2 rings (SSSR count). The van der Waals surface area contributed by atoms with Gasteiger partial charge in [-0.05, 0) is 24.3 Å². The number of hydrogen-bond acceptors (Lipinski definition) is 7. The van der Waals surface area contributed by atoms with Crippen molar-refractivity contribution in [2.45, 2.75) is 28.6 Å². The summed E-state index contributed by atoms with van der Waals surface area (Å²) in [5, 5.41) is 28.9. The van der Waals surface area contributed by atoms with Crippen molar-refractivity contribution < 1.29 is 28.5 Å². The van der Waals surface area contributed by atoms with E-state index in [2.05, 4.69) is 0 Å². The minimum absolute atomic E-state index is 0.136. The number of hydrogen-bond donors (Lipinski definition) is 3. The largest absolute Gasteiger partial charge is 0.477 e. The van der Waals surface area contributed by atoms with E-state index in [1.165, 1.54) is 50.1 Å². The lowest BCUT2D eigenvalue weighted by molar-refractivity contribution is -0.0786. The number of sulfonamides is 1. The summed E-state index contributed by atoms with van der Waals surface area (Å²) in [5.41, 5.74) is -0.727. The fraction of sp³-hybridized carbons (Fsp3) is 0.538. The number of nitrogens with zero attached hydrogens (tertiary/aromatic N) is 1. The second kappa shape index (κ2) is 6.73. The minimum atomic E-state index is -3.50. The van der Waals surface area contributed by atoms with Crippen LogP contribution < -0.4 is 4.74 Å². The lowest BCUT2D eigenvalue weighted by Gasteiger charge is -2.34. The van der Waals surface area contributed by atoms with E-state index in [1.54, 1.807) is 0 Å². The first-order chi connectivity index (χ1) is 10.2. The van der Waals surface area contributed by atoms with Gasteiger partial charge in [-0.1, -0.05) is 0 Å². The van der Waals surface area contributed by atoms with E-state index in [-0.39, 0.29) is 10.6 Å². The lowest BCUT2D eigenvalue weighted by atomic mass is 10.1. The first kappa shape index (κ1) is 17.5. The summed E-state index contributed by atoms with van der Waals surface area (Å²) in [6.07, 6.45) is -3.48. The van der Waals surface area contributed by atoms with E-state index in [4.69, 9.17) is 4.74 Å². The molecule has 0 unspecified atom stereocenters. The van der Waals surface area contributed by atoms with Gasteiger partial charge in [-0.2, -0.15) is 0 Å². The Morgan fingerprint density at radius 1 is 1.14 bits per heavy atom. The van der Waals surface area contributed by atoms with Gasteiger partial charge in [0.1, 0.15) is 18.0 Å². The zero-order valence-electron chi connectivity index (χ0n) is 12.2. The first-order valence-corrected chi connectivity index (χ1v) is 9.07. The number of aliphatic hydroxyl groups is 3. The number of aliphatic hydroxyl groups excluding tert-OH is 3. The smallest absolute Gasteiger partial charge is 0.242 e. The Labute approximate surface area is 133 Å². The van der Waals surface area contributed by atoms with Crippen molar-refractivity contribution in [1.29, 1.82) is 0 Å². The zero-order valence-corrected chi connectivity index (χ0v) is 13.8. The maximum Gasteiger partial charge on any atom is 0.242 e. The molecule has 0 bridgehead atoms. The number of ether oxygens (including phenoxy) is 1. The Balaban J connectivity index is 2.09. The SMILES string of the molecule is CN(C)S(=O)(=O)c1ccc(O[C@@H]2SC[C@@H](O)[C@H](O)[C@H]2O)cc1. The third-order valence-electron chi connectivity index (χ3n) is 3.31. The molecule has 1 saturated heterocycles. The van der Waals surface area contributed by atoms with Crippen LogP contribution in [-0.4, -0.2) is 71.6 Å². The molecule has 1 aromatic carbocycles. The van der Waals surface area contributed by atoms with Gasteiger partial charge in [-0.25, -0.2) is 12.7 Å². The Bertz CT molecular complexity index is 603. The standard InChI is InChI=1S/C13H19NO6S2/c1-14(2)22(18,19)9-5-3-8(4-6-9)20-13-12(17)11(16)10(15)7-21-13/h3-6,10-13,15-17H,7H2,1-2H3/t10-,11+,12-,13-/m1/s1. The maximum atomic E-state index is 11.9. The third-order valence-corrected chi connectivity index (χ3v) is 6.38. The van der Waals surface area contributed by atoms with Crippen molar-refractivity contribution in [2.75, 3.05) is 19.8 Å². The highest BCUT2D eigenvalue weighted by Crippen LogP contribution is 2.29. The van der Waals surface area contributed by atoms with E-state index in [0.717, 1.165) is 4.31 Å². The fourth-order valence-corrected chi connectivity index (χ4v) is 3.94. The van der Waals surface area contributed by atoms with Gasteiger partial charge in [-0.15, -0.1) is 11.8 Å². The van der Waals surface area contributed by atoms with Gasteiger partial charge in [0.15, 0.2) is 5.44 Å². The molecule has 0 amide bonds. The quantitative estimate of drug-likeness (QED) is 0.671. The highest BCUT2D eigenvalue weighted by molar-refractivity contribution is 7.99. The Kier molecular flexibility index (Phi) is 5.36. The van der Waals surface area contributed by atoms with Gasteiger partial charge in [0.2, 0.25) is 10.0 Å². The van der Waals surface area contributed by atoms with E-state index >= 15 is 0 Å². The predicted molar refractivity (Wildman–Crippen MR) is 82.2 cm³/mol. The van der Waals surface area contributed by atoms with E-state index in [1.807, 2.05) is 0 Å². The molecule has 22 heavy (non-hydrogen) atoms. The van der Waals surface area contributed by atoms with Gasteiger partial charge in [0.25, 0.3) is 0 Å². The van der Waals surface area contributed by atoms with Crippen molar-refractivity contribution >= 4 is 21.8 Å². The van der Waals surface area contributed by atoms with Crippen LogP contribution in [0.15, 0.2) is 29.2 Å². The Morgan fingerprint density at radius 2 is 1.73 bits per heavy atom. The summed E-state index contributed by atoms with van der Waals surface area (Å²) < 4.78 is 30.5. The third kappa shape index (κ3) is 3.55. The first-order valence-electron chi connectivity index (χ1n) is 6.58. The molecular formula is C13H19NO6S2. The van der Waals surface area contributed by atoms with Gasteiger partial charge in [-0.3, -0.25) is 0 Å². The summed E-state index contributed by atoms with van der Waals surface area (Å²) >= 11 is 1.18. The minimum Gasteiger partial charge on any atom is -0.477 e. The monoisotopic (exact) mass is 349 g/mol. The van der Waals surface area contributed by atoms with Crippen LogP contribution in [-0.2, 0) is 10.0 Å². The highest BCUT2D eigenvalue weighted by atomic mass is 32.2. The van der Waals surface area contributed by atoms with Gasteiger partial charge in [0.05, 0.1) is 11.0 Å². The van der Waals surface area contributed by atoms with Crippen molar-refractivity contribution in [2.24, 2.45) is 0 Å². The van der Waals surface area contributed by atoms with Crippen molar-refractivity contribution in [3.63, 3.8) is 0 Å². The molecule has 0 aliphatic carbocycles. The summed E-state index contributed by atoms with van der Waals surface area (Å²) in [5.74, 6) is 0.619. The van der Waals surface area contributed by atoms with Crippen LogP contribution in [0.25, 0.3) is 0 Å². The van der Waals surface area contributed by atoms with Crippen molar-refractivity contribution in [1.82, 2.24) is 4.31 Å². The average molecular weight is 349 g/mol. The van der Waals surface area contributed by atoms with Crippen molar-refractivity contribution in [3.8, 4) is 5.75 Å². The molecule has 4 atom stereocenters. The molecule has 0 radical (unpaired) electrons. The molecule has 3 N–H and O–H groups in total. The molecule has 7 nitrogen and oxygen atoms in total. The van der Waals surface area contributed by atoms with Crippen LogP contribution in [0.1, 0.15) is 0 Å². The number of thioether (sulfide) groups is 1. The Morgan fingerprint density at radius 3 is 2.27 bits per heavy atom. The average Bonchev–Trinajstić information content (AvgIpc) is 2.48. The molecule has 9 heteroatoms. The molecule has 1 aliphatic rings. The van der Waals surface area contributed by atoms with Crippen LogP contribution in [0, 0.1) is 0 Å². The fourth-order valence-electron chi connectivity index (χ4n) is 1.92. The topological polar surface area (TPSA) is 107 Å². The second-order valence-corrected chi connectivity index (χ2v) is 8.41. The van der Waals surface area contributed by atoms with E-state index < -0.39 is 33.8 Å². The molecule has 0 spiro atoms. The second-order valence-electron chi connectivity index (χ2n) is 5.13. The van der Waals surface area contributed by atoms with Crippen LogP contribution in [0.4, 0.5) is 0 Å². The van der Waals surface area contributed by atoms with Crippen LogP contribution in [0.5, 0.6) is 5.75 Å². The van der Waals surface area contributed by atoms with Gasteiger partial charge >= 0.3 is 0 Å². The number of rotatable bonds is 4. The van der Waals surface area contributed by atoms with Crippen molar-refractivity contribution in [3.05, 3.63) is 24.3 Å². The number of benzene rings is 1. The zero-order chi connectivity index (χ0) is 16.5. The molecule has 1 heterocycles. The molecule has 0 saturated carbocycles. The molecular weight excluding hydrogens is 330 g/mol. The molecule has 1 aliphatic heterocycles.